The second-order valence-corrected chi connectivity index (χ2v) is 7.16. The molecule has 4 rings (SSSR count). The van der Waals surface area contributed by atoms with E-state index < -0.39 is 0 Å². The third kappa shape index (κ3) is 2.92. The van der Waals surface area contributed by atoms with Crippen molar-refractivity contribution >= 4 is 32.6 Å². The zero-order valence-corrected chi connectivity index (χ0v) is 14.4. The second-order valence-electron chi connectivity index (χ2n) is 6.15. The van der Waals surface area contributed by atoms with Crippen LogP contribution in [0.15, 0.2) is 48.5 Å². The Morgan fingerprint density at radius 3 is 2.75 bits per heavy atom. The molecular weight excluding hydrogens is 318 g/mol. The lowest BCUT2D eigenvalue weighted by Crippen LogP contribution is -2.40. The second kappa shape index (κ2) is 6.34. The van der Waals surface area contributed by atoms with Gasteiger partial charge in [0.05, 0.1) is 16.8 Å². The van der Waals surface area contributed by atoms with Crippen LogP contribution in [0.4, 0.5) is 5.13 Å². The van der Waals surface area contributed by atoms with Gasteiger partial charge in [0.1, 0.15) is 0 Å². The highest BCUT2D eigenvalue weighted by Gasteiger charge is 2.21. The molecule has 24 heavy (non-hydrogen) atoms. The molecule has 5 heteroatoms. The SMILES string of the molecule is CN(C(=O)CN1CCc2ccccc2C1)c1nc2ccccc2s1. The number of thiazole rings is 1. The Labute approximate surface area is 145 Å². The molecule has 0 spiro atoms. The van der Waals surface area contributed by atoms with Crippen LogP contribution in [0.25, 0.3) is 10.2 Å². The minimum absolute atomic E-state index is 0.0911. The van der Waals surface area contributed by atoms with E-state index in [0.717, 1.165) is 34.9 Å². The first-order chi connectivity index (χ1) is 11.7. The van der Waals surface area contributed by atoms with Gasteiger partial charge in [0.25, 0.3) is 0 Å². The van der Waals surface area contributed by atoms with E-state index in [1.807, 2.05) is 31.3 Å². The molecule has 0 aliphatic carbocycles. The zero-order chi connectivity index (χ0) is 16.5. The maximum atomic E-state index is 12.7. The molecule has 0 radical (unpaired) electrons. The Hall–Kier alpha value is -2.24. The van der Waals surface area contributed by atoms with Gasteiger partial charge in [-0.15, -0.1) is 0 Å². The van der Waals surface area contributed by atoms with Crippen LogP contribution in [-0.4, -0.2) is 35.9 Å². The van der Waals surface area contributed by atoms with Crippen LogP contribution in [0.1, 0.15) is 11.1 Å². The monoisotopic (exact) mass is 337 g/mol. The van der Waals surface area contributed by atoms with Crippen molar-refractivity contribution in [2.75, 3.05) is 25.0 Å². The number of hydrogen-bond donors (Lipinski definition) is 0. The molecule has 1 amide bonds. The molecule has 0 saturated heterocycles. The van der Waals surface area contributed by atoms with E-state index in [0.29, 0.717) is 6.54 Å². The first-order valence-electron chi connectivity index (χ1n) is 8.12. The van der Waals surface area contributed by atoms with Crippen molar-refractivity contribution in [3.8, 4) is 0 Å². The number of carbonyl (C=O) groups excluding carboxylic acids is 1. The van der Waals surface area contributed by atoms with E-state index in [9.17, 15) is 4.79 Å². The number of likely N-dealkylation sites (N-methyl/N-ethyl adjacent to an activating group) is 1. The summed E-state index contributed by atoms with van der Waals surface area (Å²) in [6, 6.07) is 16.5. The number of carbonyl (C=O) groups is 1. The highest BCUT2D eigenvalue weighted by Crippen LogP contribution is 2.28. The molecule has 0 bridgehead atoms. The largest absolute Gasteiger partial charge is 0.290 e. The summed E-state index contributed by atoms with van der Waals surface area (Å²) in [5, 5.41) is 0.763. The summed E-state index contributed by atoms with van der Waals surface area (Å²) >= 11 is 1.56. The van der Waals surface area contributed by atoms with Crippen molar-refractivity contribution in [1.82, 2.24) is 9.88 Å². The van der Waals surface area contributed by atoms with Crippen LogP contribution in [0.3, 0.4) is 0 Å². The summed E-state index contributed by atoms with van der Waals surface area (Å²) in [5.41, 5.74) is 3.68. The van der Waals surface area contributed by atoms with Gasteiger partial charge in [-0.25, -0.2) is 4.98 Å². The average Bonchev–Trinajstić information content (AvgIpc) is 3.05. The first kappa shape index (κ1) is 15.3. The number of benzene rings is 2. The van der Waals surface area contributed by atoms with E-state index in [2.05, 4.69) is 34.1 Å². The minimum atomic E-state index is 0.0911. The molecule has 122 valence electrons. The maximum absolute atomic E-state index is 12.7. The van der Waals surface area contributed by atoms with Gasteiger partial charge in [0, 0.05) is 20.1 Å². The highest BCUT2D eigenvalue weighted by molar-refractivity contribution is 7.22. The Morgan fingerprint density at radius 2 is 1.92 bits per heavy atom. The summed E-state index contributed by atoms with van der Waals surface area (Å²) in [5.74, 6) is 0.0911. The molecular formula is C19H19N3OS. The molecule has 2 aromatic carbocycles. The number of aromatic nitrogens is 1. The summed E-state index contributed by atoms with van der Waals surface area (Å²) in [6.07, 6.45) is 1.01. The van der Waals surface area contributed by atoms with Gasteiger partial charge >= 0.3 is 0 Å². The van der Waals surface area contributed by atoms with E-state index in [4.69, 9.17) is 0 Å². The molecule has 1 aliphatic rings. The molecule has 0 N–H and O–H groups in total. The molecule has 1 aromatic heterocycles. The summed E-state index contributed by atoms with van der Waals surface area (Å²) in [7, 11) is 1.82. The fraction of sp³-hybridized carbons (Fsp3) is 0.263. The molecule has 0 saturated carbocycles. The lowest BCUT2D eigenvalue weighted by molar-refractivity contribution is -0.119. The van der Waals surface area contributed by atoms with Gasteiger partial charge < -0.3 is 0 Å². The maximum Gasteiger partial charge on any atom is 0.242 e. The number of anilines is 1. The number of fused-ring (bicyclic) bond motifs is 2. The number of hydrogen-bond acceptors (Lipinski definition) is 4. The third-order valence-corrected chi connectivity index (χ3v) is 5.63. The molecule has 0 fully saturated rings. The predicted molar refractivity (Wildman–Crippen MR) is 98.5 cm³/mol. The van der Waals surface area contributed by atoms with E-state index in [-0.39, 0.29) is 5.91 Å². The number of amides is 1. The third-order valence-electron chi connectivity index (χ3n) is 4.51. The molecule has 1 aliphatic heterocycles. The number of nitrogens with zero attached hydrogens (tertiary/aromatic N) is 3. The Bertz CT molecular complexity index is 856. The smallest absolute Gasteiger partial charge is 0.242 e. The van der Waals surface area contributed by atoms with Gasteiger partial charge in [0.2, 0.25) is 5.91 Å². The average molecular weight is 337 g/mol. The lowest BCUT2D eigenvalue weighted by atomic mass is 10.00. The fourth-order valence-corrected chi connectivity index (χ4v) is 4.04. The van der Waals surface area contributed by atoms with Gasteiger partial charge in [-0.05, 0) is 29.7 Å². The van der Waals surface area contributed by atoms with Crippen molar-refractivity contribution in [1.29, 1.82) is 0 Å². The topological polar surface area (TPSA) is 36.4 Å². The van der Waals surface area contributed by atoms with E-state index >= 15 is 0 Å². The van der Waals surface area contributed by atoms with Crippen LogP contribution in [0.5, 0.6) is 0 Å². The molecule has 3 aromatic rings. The van der Waals surface area contributed by atoms with Crippen LogP contribution in [0.2, 0.25) is 0 Å². The Morgan fingerprint density at radius 1 is 1.17 bits per heavy atom. The van der Waals surface area contributed by atoms with Gasteiger partial charge in [-0.1, -0.05) is 47.7 Å². The van der Waals surface area contributed by atoms with Crippen molar-refractivity contribution in [2.24, 2.45) is 0 Å². The Kier molecular flexibility index (Phi) is 4.04. The quantitative estimate of drug-likeness (QED) is 0.736. The Balaban J connectivity index is 1.46. The molecule has 0 atom stereocenters. The van der Waals surface area contributed by atoms with Crippen LogP contribution in [-0.2, 0) is 17.8 Å². The lowest BCUT2D eigenvalue weighted by Gasteiger charge is -2.29. The highest BCUT2D eigenvalue weighted by atomic mass is 32.1. The summed E-state index contributed by atoms with van der Waals surface area (Å²) in [4.78, 5) is 21.1. The number of rotatable bonds is 3. The van der Waals surface area contributed by atoms with E-state index in [1.54, 1.807) is 16.2 Å². The van der Waals surface area contributed by atoms with Crippen LogP contribution < -0.4 is 4.90 Å². The first-order valence-corrected chi connectivity index (χ1v) is 8.93. The van der Waals surface area contributed by atoms with Gasteiger partial charge in [-0.2, -0.15) is 0 Å². The molecule has 2 heterocycles. The van der Waals surface area contributed by atoms with Crippen LogP contribution >= 0.6 is 11.3 Å². The van der Waals surface area contributed by atoms with E-state index in [1.165, 1.54) is 11.1 Å². The molecule has 0 unspecified atom stereocenters. The summed E-state index contributed by atoms with van der Waals surface area (Å²) in [6.45, 7) is 2.20. The van der Waals surface area contributed by atoms with Crippen molar-refractivity contribution in [2.45, 2.75) is 13.0 Å². The van der Waals surface area contributed by atoms with Crippen molar-refractivity contribution < 1.29 is 4.79 Å². The normalized spacial score (nSPS) is 14.5. The van der Waals surface area contributed by atoms with Gasteiger partial charge in [0.15, 0.2) is 5.13 Å². The van der Waals surface area contributed by atoms with Crippen molar-refractivity contribution in [3.05, 3.63) is 59.7 Å². The minimum Gasteiger partial charge on any atom is -0.290 e. The zero-order valence-electron chi connectivity index (χ0n) is 13.6. The molecule has 4 nitrogen and oxygen atoms in total. The number of para-hydroxylation sites is 1. The summed E-state index contributed by atoms with van der Waals surface area (Å²) < 4.78 is 1.11. The van der Waals surface area contributed by atoms with Crippen molar-refractivity contribution in [3.63, 3.8) is 0 Å². The standard InChI is InChI=1S/C19H19N3OS/c1-21(19-20-16-8-4-5-9-17(16)24-19)18(23)13-22-11-10-14-6-2-3-7-15(14)12-22/h2-9H,10-13H2,1H3. The van der Waals surface area contributed by atoms with Gasteiger partial charge in [-0.3, -0.25) is 14.6 Å². The predicted octanol–water partition coefficient (Wildman–Crippen LogP) is 3.32. The fourth-order valence-electron chi connectivity index (χ4n) is 3.10. The van der Waals surface area contributed by atoms with Crippen LogP contribution in [0, 0.1) is 0 Å².